The number of aliphatic hydroxyl groups is 1. The Balaban J connectivity index is 1.86. The van der Waals surface area contributed by atoms with Crippen LogP contribution in [0.25, 0.3) is 0 Å². The first kappa shape index (κ1) is 24.5. The van der Waals surface area contributed by atoms with Crippen molar-refractivity contribution in [2.24, 2.45) is 0 Å². The van der Waals surface area contributed by atoms with Gasteiger partial charge in [-0.25, -0.2) is 9.59 Å². The fourth-order valence-corrected chi connectivity index (χ4v) is 4.11. The van der Waals surface area contributed by atoms with Gasteiger partial charge in [-0.05, 0) is 79.6 Å². The van der Waals surface area contributed by atoms with Crippen molar-refractivity contribution in [2.75, 3.05) is 13.2 Å². The lowest BCUT2D eigenvalue weighted by atomic mass is 9.65. The van der Waals surface area contributed by atoms with Crippen molar-refractivity contribution >= 4 is 17.9 Å². The zero-order valence-electron chi connectivity index (χ0n) is 19.5. The minimum absolute atomic E-state index is 0.183. The van der Waals surface area contributed by atoms with Crippen LogP contribution in [0.15, 0.2) is 42.5 Å². The fraction of sp³-hybridized carbons (Fsp3) is 0.423. The monoisotopic (exact) mass is 454 g/mol. The van der Waals surface area contributed by atoms with Gasteiger partial charge >= 0.3 is 17.9 Å². The van der Waals surface area contributed by atoms with E-state index in [0.29, 0.717) is 24.0 Å². The number of carbonyl (C=O) groups is 3. The molecule has 0 radical (unpaired) electrons. The molecule has 2 aromatic rings. The summed E-state index contributed by atoms with van der Waals surface area (Å²) in [5, 5.41) is 11.4. The summed E-state index contributed by atoms with van der Waals surface area (Å²) in [5.74, 6) is -1.27. The first-order valence-electron chi connectivity index (χ1n) is 11.1. The van der Waals surface area contributed by atoms with Gasteiger partial charge in [0.2, 0.25) is 0 Å². The van der Waals surface area contributed by atoms with Crippen molar-refractivity contribution in [1.82, 2.24) is 0 Å². The highest BCUT2D eigenvalue weighted by atomic mass is 16.5. The molecule has 0 heterocycles. The lowest BCUT2D eigenvalue weighted by Gasteiger charge is -2.42. The van der Waals surface area contributed by atoms with E-state index < -0.39 is 23.5 Å². The molecule has 0 aromatic heterocycles. The van der Waals surface area contributed by atoms with Gasteiger partial charge in [-0.3, -0.25) is 4.79 Å². The van der Waals surface area contributed by atoms with E-state index in [1.807, 2.05) is 6.07 Å². The Morgan fingerprint density at radius 2 is 1.48 bits per heavy atom. The minimum Gasteiger partial charge on any atom is -0.466 e. The van der Waals surface area contributed by atoms with Crippen molar-refractivity contribution in [3.05, 3.63) is 64.7 Å². The molecule has 1 aliphatic rings. The summed E-state index contributed by atoms with van der Waals surface area (Å²) >= 11 is 0. The van der Waals surface area contributed by atoms with Crippen LogP contribution >= 0.6 is 0 Å². The van der Waals surface area contributed by atoms with Crippen LogP contribution in [0.4, 0.5) is 0 Å². The van der Waals surface area contributed by atoms with Crippen LogP contribution in [0.3, 0.4) is 0 Å². The van der Waals surface area contributed by atoms with Crippen molar-refractivity contribution < 1.29 is 33.7 Å². The van der Waals surface area contributed by atoms with E-state index in [1.54, 1.807) is 26.0 Å². The third kappa shape index (κ3) is 5.42. The number of hydrogen-bond donors (Lipinski definition) is 1. The molecule has 1 unspecified atom stereocenters. The largest absolute Gasteiger partial charge is 0.466 e. The summed E-state index contributed by atoms with van der Waals surface area (Å²) < 4.78 is 15.5. The molecular weight excluding hydrogens is 424 g/mol. The maximum absolute atomic E-state index is 12.8. The number of fused-ring (bicyclic) bond motifs is 1. The molecule has 0 saturated carbocycles. The van der Waals surface area contributed by atoms with E-state index in [-0.39, 0.29) is 36.4 Å². The predicted octanol–water partition coefficient (Wildman–Crippen LogP) is 4.29. The number of esters is 3. The number of rotatable bonds is 7. The zero-order chi connectivity index (χ0) is 24.2. The quantitative estimate of drug-likeness (QED) is 0.492. The maximum Gasteiger partial charge on any atom is 0.343 e. The molecule has 33 heavy (non-hydrogen) atoms. The molecule has 0 fully saturated rings. The molecule has 7 nitrogen and oxygen atoms in total. The normalized spacial score (nSPS) is 18.7. The summed E-state index contributed by atoms with van der Waals surface area (Å²) in [6.45, 7) is 8.08. The molecule has 7 heteroatoms. The highest BCUT2D eigenvalue weighted by Crippen LogP contribution is 2.46. The Morgan fingerprint density at radius 1 is 0.848 bits per heavy atom. The Morgan fingerprint density at radius 3 is 2.12 bits per heavy atom. The maximum atomic E-state index is 12.8. The molecule has 0 aliphatic heterocycles. The SMILES string of the molecule is CCOC(=O)CC1(O)CCC(C)(C)c2ccc(C(=O)Oc3ccc(C(=O)OCC)cc3)cc21. The number of hydrogen-bond acceptors (Lipinski definition) is 7. The average molecular weight is 455 g/mol. The Bertz CT molecular complexity index is 1040. The summed E-state index contributed by atoms with van der Waals surface area (Å²) in [6.07, 6.45) is 0.879. The number of benzene rings is 2. The van der Waals surface area contributed by atoms with Crippen LogP contribution in [0.5, 0.6) is 5.75 Å². The van der Waals surface area contributed by atoms with Gasteiger partial charge in [0.05, 0.1) is 30.8 Å². The first-order chi connectivity index (χ1) is 15.6. The third-order valence-corrected chi connectivity index (χ3v) is 5.97. The van der Waals surface area contributed by atoms with Gasteiger partial charge in [-0.15, -0.1) is 0 Å². The Kier molecular flexibility index (Phi) is 7.22. The van der Waals surface area contributed by atoms with Gasteiger partial charge in [0.25, 0.3) is 0 Å². The first-order valence-corrected chi connectivity index (χ1v) is 11.1. The van der Waals surface area contributed by atoms with E-state index in [9.17, 15) is 19.5 Å². The highest BCUT2D eigenvalue weighted by Gasteiger charge is 2.43. The molecule has 0 saturated heterocycles. The van der Waals surface area contributed by atoms with Gasteiger partial charge in [-0.1, -0.05) is 19.9 Å². The molecule has 2 aromatic carbocycles. The standard InChI is InChI=1S/C26H30O7/c1-5-31-22(27)16-26(30)14-13-25(3,4)20-12-9-18(15-21(20)26)24(29)33-19-10-7-17(8-11-19)23(28)32-6-2/h7-12,15,30H,5-6,13-14,16H2,1-4H3. The van der Waals surface area contributed by atoms with Crippen LogP contribution in [0.2, 0.25) is 0 Å². The van der Waals surface area contributed by atoms with E-state index in [0.717, 1.165) is 5.56 Å². The number of carbonyl (C=O) groups excluding carboxylic acids is 3. The summed E-state index contributed by atoms with van der Waals surface area (Å²) in [7, 11) is 0. The molecule has 0 amide bonds. The van der Waals surface area contributed by atoms with E-state index in [2.05, 4.69) is 13.8 Å². The third-order valence-electron chi connectivity index (χ3n) is 5.97. The highest BCUT2D eigenvalue weighted by molar-refractivity contribution is 5.92. The van der Waals surface area contributed by atoms with E-state index in [4.69, 9.17) is 14.2 Å². The minimum atomic E-state index is -1.42. The van der Waals surface area contributed by atoms with Crippen LogP contribution in [-0.2, 0) is 25.3 Å². The van der Waals surface area contributed by atoms with Gasteiger partial charge < -0.3 is 19.3 Å². The van der Waals surface area contributed by atoms with E-state index in [1.165, 1.54) is 24.3 Å². The molecule has 1 aliphatic carbocycles. The smallest absolute Gasteiger partial charge is 0.343 e. The Hall–Kier alpha value is -3.19. The van der Waals surface area contributed by atoms with Gasteiger partial charge in [0.1, 0.15) is 11.4 Å². The summed E-state index contributed by atoms with van der Waals surface area (Å²) in [6, 6.07) is 11.1. The molecule has 1 atom stereocenters. The lowest BCUT2D eigenvalue weighted by molar-refractivity contribution is -0.150. The molecule has 176 valence electrons. The van der Waals surface area contributed by atoms with Gasteiger partial charge in [0.15, 0.2) is 0 Å². The topological polar surface area (TPSA) is 99.1 Å². The number of ether oxygens (including phenoxy) is 3. The molecular formula is C26H30O7. The average Bonchev–Trinajstić information content (AvgIpc) is 2.77. The van der Waals surface area contributed by atoms with Crippen LogP contribution in [0.1, 0.15) is 78.8 Å². The summed E-state index contributed by atoms with van der Waals surface area (Å²) in [4.78, 5) is 36.8. The van der Waals surface area contributed by atoms with Crippen LogP contribution < -0.4 is 4.74 Å². The summed E-state index contributed by atoms with van der Waals surface area (Å²) in [5.41, 5.74) is 0.394. The van der Waals surface area contributed by atoms with Crippen LogP contribution in [0, 0.1) is 0 Å². The van der Waals surface area contributed by atoms with Crippen LogP contribution in [-0.4, -0.2) is 36.2 Å². The molecule has 0 spiro atoms. The van der Waals surface area contributed by atoms with Crippen molar-refractivity contribution in [3.8, 4) is 5.75 Å². The van der Waals surface area contributed by atoms with E-state index >= 15 is 0 Å². The molecule has 3 rings (SSSR count). The predicted molar refractivity (Wildman–Crippen MR) is 121 cm³/mol. The lowest BCUT2D eigenvalue weighted by Crippen LogP contribution is -2.40. The fourth-order valence-electron chi connectivity index (χ4n) is 4.11. The zero-order valence-corrected chi connectivity index (χ0v) is 19.5. The second kappa shape index (κ2) is 9.75. The second-order valence-corrected chi connectivity index (χ2v) is 8.79. The van der Waals surface area contributed by atoms with Crippen molar-refractivity contribution in [2.45, 2.75) is 58.0 Å². The van der Waals surface area contributed by atoms with Gasteiger partial charge in [0, 0.05) is 0 Å². The molecule has 0 bridgehead atoms. The van der Waals surface area contributed by atoms with Crippen molar-refractivity contribution in [1.29, 1.82) is 0 Å². The van der Waals surface area contributed by atoms with Crippen molar-refractivity contribution in [3.63, 3.8) is 0 Å². The molecule has 1 N–H and O–H groups in total. The Labute approximate surface area is 193 Å². The van der Waals surface area contributed by atoms with Gasteiger partial charge in [-0.2, -0.15) is 0 Å². The second-order valence-electron chi connectivity index (χ2n) is 8.79.